The first-order valence-corrected chi connectivity index (χ1v) is 10.7. The van der Waals surface area contributed by atoms with Gasteiger partial charge in [-0.3, -0.25) is 4.79 Å². The average molecular weight is 393 g/mol. The Morgan fingerprint density at radius 2 is 1.75 bits per heavy atom. The molecule has 0 saturated carbocycles. The number of hydrogen-bond donors (Lipinski definition) is 1. The van der Waals surface area contributed by atoms with Crippen molar-refractivity contribution < 1.29 is 4.79 Å². The maximum atomic E-state index is 12.8. The fraction of sp³-hybridized carbons (Fsp3) is 0.333. The molecule has 1 amide bonds. The number of rotatable bonds is 6. The third kappa shape index (κ3) is 4.56. The minimum absolute atomic E-state index is 0.0249. The van der Waals surface area contributed by atoms with Crippen LogP contribution in [0.5, 0.6) is 0 Å². The molecule has 3 nitrogen and oxygen atoms in total. The van der Waals surface area contributed by atoms with Crippen LogP contribution in [-0.4, -0.2) is 16.1 Å². The number of carbonyl (C=O) groups excluding carboxylic acids is 1. The lowest BCUT2D eigenvalue weighted by molar-refractivity contribution is -0.115. The van der Waals surface area contributed by atoms with Crippen LogP contribution in [0.2, 0.25) is 0 Å². The molecule has 1 heterocycles. The highest BCUT2D eigenvalue weighted by molar-refractivity contribution is 8.00. The Morgan fingerprint density at radius 3 is 2.39 bits per heavy atom. The molecule has 0 spiro atoms. The van der Waals surface area contributed by atoms with Gasteiger partial charge in [-0.1, -0.05) is 49.4 Å². The van der Waals surface area contributed by atoms with Crippen molar-refractivity contribution in [2.75, 3.05) is 5.32 Å². The van der Waals surface area contributed by atoms with Gasteiger partial charge >= 0.3 is 0 Å². The highest BCUT2D eigenvalue weighted by atomic mass is 32.2. The quantitative estimate of drug-likeness (QED) is 0.505. The van der Waals surface area contributed by atoms with Crippen LogP contribution >= 0.6 is 11.8 Å². The lowest BCUT2D eigenvalue weighted by Gasteiger charge is -2.16. The van der Waals surface area contributed by atoms with E-state index in [0.717, 1.165) is 29.1 Å². The van der Waals surface area contributed by atoms with Crippen LogP contribution in [-0.2, 0) is 11.2 Å². The summed E-state index contributed by atoms with van der Waals surface area (Å²) in [6.45, 7) is 10.5. The predicted octanol–water partition coefficient (Wildman–Crippen LogP) is 6.23. The second-order valence-electron chi connectivity index (χ2n) is 7.31. The Labute approximate surface area is 172 Å². The third-order valence-electron chi connectivity index (χ3n) is 4.99. The van der Waals surface area contributed by atoms with E-state index < -0.39 is 0 Å². The van der Waals surface area contributed by atoms with Crippen molar-refractivity contribution >= 4 is 34.3 Å². The van der Waals surface area contributed by atoms with Gasteiger partial charge in [0.15, 0.2) is 0 Å². The minimum atomic E-state index is -0.180. The zero-order valence-corrected chi connectivity index (χ0v) is 18.1. The van der Waals surface area contributed by atoms with Crippen molar-refractivity contribution in [1.29, 1.82) is 0 Å². The number of aromatic nitrogens is 1. The molecule has 1 atom stereocenters. The Hall–Kier alpha value is -2.33. The summed E-state index contributed by atoms with van der Waals surface area (Å²) >= 11 is 1.54. The molecular formula is C24H28N2OS. The summed E-state index contributed by atoms with van der Waals surface area (Å²) in [4.78, 5) is 17.7. The molecule has 2 aromatic carbocycles. The first-order valence-electron chi connectivity index (χ1n) is 9.86. The summed E-state index contributed by atoms with van der Waals surface area (Å²) in [6, 6.07) is 14.5. The Kier molecular flexibility index (Phi) is 6.40. The summed E-state index contributed by atoms with van der Waals surface area (Å²) in [5, 5.41) is 4.96. The number of nitrogens with zero attached hydrogens (tertiary/aromatic N) is 1. The lowest BCUT2D eigenvalue weighted by atomic mass is 10.0. The molecule has 1 unspecified atom stereocenters. The molecule has 0 fully saturated rings. The predicted molar refractivity (Wildman–Crippen MR) is 120 cm³/mol. The van der Waals surface area contributed by atoms with E-state index >= 15 is 0 Å². The summed E-state index contributed by atoms with van der Waals surface area (Å²) in [6.07, 6.45) is 1.74. The summed E-state index contributed by atoms with van der Waals surface area (Å²) < 4.78 is 0. The molecule has 3 rings (SSSR count). The summed E-state index contributed by atoms with van der Waals surface area (Å²) in [7, 11) is 0. The highest BCUT2D eigenvalue weighted by Gasteiger charge is 2.19. The summed E-state index contributed by atoms with van der Waals surface area (Å²) in [5.74, 6) is 0.0249. The van der Waals surface area contributed by atoms with Gasteiger partial charge < -0.3 is 5.32 Å². The Bertz CT molecular complexity index is 996. The molecule has 0 aliphatic heterocycles. The van der Waals surface area contributed by atoms with Gasteiger partial charge in [0.25, 0.3) is 0 Å². The van der Waals surface area contributed by atoms with Gasteiger partial charge in [0.05, 0.1) is 15.8 Å². The van der Waals surface area contributed by atoms with Crippen molar-refractivity contribution in [3.05, 3.63) is 64.7 Å². The maximum absolute atomic E-state index is 12.8. The van der Waals surface area contributed by atoms with Crippen molar-refractivity contribution in [3.8, 4) is 0 Å². The van der Waals surface area contributed by atoms with E-state index in [1.165, 1.54) is 27.6 Å². The molecule has 0 aliphatic rings. The van der Waals surface area contributed by atoms with E-state index in [1.807, 2.05) is 19.1 Å². The van der Waals surface area contributed by atoms with Gasteiger partial charge in [0, 0.05) is 11.1 Å². The van der Waals surface area contributed by atoms with E-state index in [9.17, 15) is 4.79 Å². The number of anilines is 1. The van der Waals surface area contributed by atoms with Crippen molar-refractivity contribution in [2.45, 2.75) is 57.7 Å². The van der Waals surface area contributed by atoms with E-state index in [4.69, 9.17) is 4.98 Å². The molecule has 0 aliphatic carbocycles. The Morgan fingerprint density at radius 1 is 1.04 bits per heavy atom. The number of carbonyl (C=O) groups is 1. The minimum Gasteiger partial charge on any atom is -0.325 e. The number of benzene rings is 2. The van der Waals surface area contributed by atoms with Gasteiger partial charge in [-0.05, 0) is 74.6 Å². The number of aryl methyl sites for hydroxylation is 4. The molecule has 146 valence electrons. The molecule has 0 radical (unpaired) electrons. The number of nitrogens with one attached hydrogen (secondary N) is 1. The molecule has 1 aromatic heterocycles. The lowest BCUT2D eigenvalue weighted by Crippen LogP contribution is -2.24. The van der Waals surface area contributed by atoms with E-state index in [-0.39, 0.29) is 11.2 Å². The van der Waals surface area contributed by atoms with Gasteiger partial charge in [-0.2, -0.15) is 0 Å². The van der Waals surface area contributed by atoms with Gasteiger partial charge in [-0.25, -0.2) is 4.98 Å². The standard InChI is InChI=1S/C24H28N2OS/c1-6-18-8-10-19(11-9-18)25-24(27)21(7-2)28-22-14-16(4)20-13-15(3)12-17(5)23(20)26-22/h8-14,21H,6-7H2,1-5H3,(H,25,27). The van der Waals surface area contributed by atoms with Gasteiger partial charge in [0.1, 0.15) is 0 Å². The van der Waals surface area contributed by atoms with E-state index in [1.54, 1.807) is 11.8 Å². The van der Waals surface area contributed by atoms with Crippen LogP contribution in [0.4, 0.5) is 5.69 Å². The molecular weight excluding hydrogens is 364 g/mol. The van der Waals surface area contributed by atoms with Crippen molar-refractivity contribution in [3.63, 3.8) is 0 Å². The fourth-order valence-electron chi connectivity index (χ4n) is 3.39. The molecule has 1 N–H and O–H groups in total. The smallest absolute Gasteiger partial charge is 0.237 e. The average Bonchev–Trinajstić information content (AvgIpc) is 2.67. The number of amides is 1. The van der Waals surface area contributed by atoms with E-state index in [0.29, 0.717) is 0 Å². The zero-order chi connectivity index (χ0) is 20.3. The number of hydrogen-bond acceptors (Lipinski definition) is 3. The first-order chi connectivity index (χ1) is 13.4. The first kappa shape index (κ1) is 20.4. The van der Waals surface area contributed by atoms with Gasteiger partial charge in [-0.15, -0.1) is 0 Å². The van der Waals surface area contributed by atoms with E-state index in [2.05, 4.69) is 63.3 Å². The second kappa shape index (κ2) is 8.78. The molecule has 28 heavy (non-hydrogen) atoms. The molecule has 0 bridgehead atoms. The largest absolute Gasteiger partial charge is 0.325 e. The third-order valence-corrected chi connectivity index (χ3v) is 6.27. The number of fused-ring (bicyclic) bond motifs is 1. The summed E-state index contributed by atoms with van der Waals surface area (Å²) in [5.41, 5.74) is 6.75. The zero-order valence-electron chi connectivity index (χ0n) is 17.3. The van der Waals surface area contributed by atoms with Crippen LogP contribution < -0.4 is 5.32 Å². The monoisotopic (exact) mass is 392 g/mol. The molecule has 0 saturated heterocycles. The maximum Gasteiger partial charge on any atom is 0.237 e. The number of pyridine rings is 1. The van der Waals surface area contributed by atoms with Crippen LogP contribution in [0.3, 0.4) is 0 Å². The van der Waals surface area contributed by atoms with Gasteiger partial charge in [0.2, 0.25) is 5.91 Å². The normalized spacial score (nSPS) is 12.2. The molecule has 3 aromatic rings. The topological polar surface area (TPSA) is 42.0 Å². The highest BCUT2D eigenvalue weighted by Crippen LogP contribution is 2.30. The number of thioether (sulfide) groups is 1. The van der Waals surface area contributed by atoms with Crippen LogP contribution in [0.15, 0.2) is 47.5 Å². The van der Waals surface area contributed by atoms with Crippen LogP contribution in [0.25, 0.3) is 10.9 Å². The second-order valence-corrected chi connectivity index (χ2v) is 8.53. The van der Waals surface area contributed by atoms with Crippen LogP contribution in [0.1, 0.15) is 42.5 Å². The van der Waals surface area contributed by atoms with Crippen LogP contribution in [0, 0.1) is 20.8 Å². The Balaban J connectivity index is 1.80. The van der Waals surface area contributed by atoms with Crippen molar-refractivity contribution in [2.24, 2.45) is 0 Å². The SMILES string of the molecule is CCc1ccc(NC(=O)C(CC)Sc2cc(C)c3cc(C)cc(C)c3n2)cc1. The van der Waals surface area contributed by atoms with Crippen molar-refractivity contribution in [1.82, 2.24) is 4.98 Å². The molecule has 4 heteroatoms. The fourth-order valence-corrected chi connectivity index (χ4v) is 4.40.